The predicted molar refractivity (Wildman–Crippen MR) is 129 cm³/mol. The monoisotopic (exact) mass is 401 g/mol. The van der Waals surface area contributed by atoms with E-state index in [0.717, 1.165) is 48.5 Å². The first kappa shape index (κ1) is 21.6. The second-order valence-electron chi connectivity index (χ2n) is 7.36. The highest BCUT2D eigenvalue weighted by Crippen LogP contribution is 2.32. The van der Waals surface area contributed by atoms with E-state index in [0.29, 0.717) is 0 Å². The minimum atomic E-state index is 0.282. The van der Waals surface area contributed by atoms with Gasteiger partial charge in [0, 0.05) is 30.9 Å². The van der Waals surface area contributed by atoms with Gasteiger partial charge in [-0.2, -0.15) is 0 Å². The van der Waals surface area contributed by atoms with Gasteiger partial charge >= 0.3 is 0 Å². The highest BCUT2D eigenvalue weighted by molar-refractivity contribution is 6.04. The van der Waals surface area contributed by atoms with Crippen LogP contribution >= 0.6 is 0 Å². The molecule has 30 heavy (non-hydrogen) atoms. The van der Waals surface area contributed by atoms with E-state index in [1.165, 1.54) is 11.4 Å². The number of nitrogens with zero attached hydrogens (tertiary/aromatic N) is 2. The van der Waals surface area contributed by atoms with E-state index in [1.807, 2.05) is 12.1 Å². The highest BCUT2D eigenvalue weighted by Gasteiger charge is 2.15. The second kappa shape index (κ2) is 10.1. The molecule has 0 amide bonds. The Morgan fingerprint density at radius 3 is 1.97 bits per heavy atom. The lowest BCUT2D eigenvalue weighted by molar-refractivity contribution is -0.519. The number of hydrogen-bond donors (Lipinski definition) is 1. The summed E-state index contributed by atoms with van der Waals surface area (Å²) in [6, 6.07) is 16.3. The molecule has 1 N–H and O–H groups in total. The van der Waals surface area contributed by atoms with Crippen LogP contribution in [0.5, 0.6) is 5.75 Å². The second-order valence-corrected chi connectivity index (χ2v) is 7.36. The van der Waals surface area contributed by atoms with Crippen LogP contribution in [0.3, 0.4) is 0 Å². The fraction of sp³-hybridized carbons (Fsp3) is 0.296. The molecule has 1 aliphatic rings. The Kier molecular flexibility index (Phi) is 7.29. The molecule has 2 aromatic carbocycles. The van der Waals surface area contributed by atoms with Gasteiger partial charge in [-0.15, -0.1) is 0 Å². The van der Waals surface area contributed by atoms with Gasteiger partial charge in [-0.25, -0.2) is 4.58 Å². The van der Waals surface area contributed by atoms with E-state index in [2.05, 4.69) is 91.8 Å². The largest absolute Gasteiger partial charge is 0.508 e. The first-order valence-electron chi connectivity index (χ1n) is 11.0. The Balaban J connectivity index is 2.10. The van der Waals surface area contributed by atoms with E-state index in [-0.39, 0.29) is 5.75 Å². The molecule has 0 aromatic heterocycles. The maximum Gasteiger partial charge on any atom is 0.199 e. The van der Waals surface area contributed by atoms with Gasteiger partial charge in [0.05, 0.1) is 0 Å². The van der Waals surface area contributed by atoms with Crippen molar-refractivity contribution >= 4 is 17.0 Å². The van der Waals surface area contributed by atoms with Crippen LogP contribution in [0.25, 0.3) is 5.57 Å². The standard InChI is InChI=1S/C27H32N2O/c1-5-28(6-2)24-16-12-21(13-17-24)27(23-10-9-11-26(30)20-23)22-14-18-25(19-15-22)29(7-3)8-4/h9-20H,5-8H2,1-4H3/p+1. The zero-order valence-corrected chi connectivity index (χ0v) is 18.6. The number of phenolic OH excluding ortho intramolecular Hbond substituents is 1. The van der Waals surface area contributed by atoms with Gasteiger partial charge in [0.2, 0.25) is 0 Å². The van der Waals surface area contributed by atoms with Crippen molar-refractivity contribution in [3.63, 3.8) is 0 Å². The summed E-state index contributed by atoms with van der Waals surface area (Å²) in [7, 11) is 0. The molecule has 0 saturated carbocycles. The Hall–Kier alpha value is -3.07. The van der Waals surface area contributed by atoms with Crippen LogP contribution in [0.1, 0.15) is 38.8 Å². The maximum atomic E-state index is 10.1. The maximum absolute atomic E-state index is 10.1. The summed E-state index contributed by atoms with van der Waals surface area (Å²) < 4.78 is 2.34. The molecular weight excluding hydrogens is 368 g/mol. The number of benzene rings is 2. The van der Waals surface area contributed by atoms with Gasteiger partial charge in [0.15, 0.2) is 5.71 Å². The fourth-order valence-corrected chi connectivity index (χ4v) is 4.02. The SMILES string of the molecule is CCN(CC)c1ccc(C(=C2C=CC(=[N+](CC)CC)C=C2)c2cccc(O)c2)cc1. The van der Waals surface area contributed by atoms with Crippen LogP contribution in [0, 0.1) is 0 Å². The van der Waals surface area contributed by atoms with Crippen molar-refractivity contribution in [2.45, 2.75) is 27.7 Å². The van der Waals surface area contributed by atoms with Crippen LogP contribution in [0.2, 0.25) is 0 Å². The highest BCUT2D eigenvalue weighted by atomic mass is 16.3. The van der Waals surface area contributed by atoms with E-state index < -0.39 is 0 Å². The molecule has 0 radical (unpaired) electrons. The normalized spacial score (nSPS) is 12.9. The minimum absolute atomic E-state index is 0.282. The lowest BCUT2D eigenvalue weighted by Crippen LogP contribution is -2.21. The summed E-state index contributed by atoms with van der Waals surface area (Å²) in [4.78, 5) is 2.34. The Morgan fingerprint density at radius 1 is 0.800 bits per heavy atom. The molecule has 3 heteroatoms. The topological polar surface area (TPSA) is 26.5 Å². The number of phenols is 1. The van der Waals surface area contributed by atoms with E-state index in [1.54, 1.807) is 6.07 Å². The number of anilines is 1. The quantitative estimate of drug-likeness (QED) is 0.606. The smallest absolute Gasteiger partial charge is 0.199 e. The third kappa shape index (κ3) is 4.73. The van der Waals surface area contributed by atoms with Crippen molar-refractivity contribution in [2.24, 2.45) is 0 Å². The van der Waals surface area contributed by atoms with Crippen LogP contribution < -0.4 is 4.90 Å². The molecule has 3 rings (SSSR count). The fourth-order valence-electron chi connectivity index (χ4n) is 4.02. The molecule has 0 atom stereocenters. The lowest BCUT2D eigenvalue weighted by atomic mass is 9.90. The van der Waals surface area contributed by atoms with Gasteiger partial charge in [0.25, 0.3) is 0 Å². The van der Waals surface area contributed by atoms with Gasteiger partial charge in [0.1, 0.15) is 18.8 Å². The molecule has 0 unspecified atom stereocenters. The molecule has 0 fully saturated rings. The third-order valence-electron chi connectivity index (χ3n) is 5.70. The zero-order valence-electron chi connectivity index (χ0n) is 18.6. The first-order chi connectivity index (χ1) is 14.6. The van der Waals surface area contributed by atoms with Crippen molar-refractivity contribution in [1.82, 2.24) is 0 Å². The number of allylic oxidation sites excluding steroid dienone is 5. The molecule has 0 bridgehead atoms. The first-order valence-corrected chi connectivity index (χ1v) is 11.0. The molecule has 0 spiro atoms. The molecule has 0 saturated heterocycles. The molecule has 0 aliphatic heterocycles. The molecular formula is C27H33N2O+. The van der Waals surface area contributed by atoms with Crippen molar-refractivity contribution in [3.05, 3.63) is 89.5 Å². The van der Waals surface area contributed by atoms with E-state index in [4.69, 9.17) is 0 Å². The Bertz CT molecular complexity index is 966. The minimum Gasteiger partial charge on any atom is -0.508 e. The van der Waals surface area contributed by atoms with Crippen LogP contribution in [0.4, 0.5) is 5.69 Å². The summed E-state index contributed by atoms with van der Waals surface area (Å²) >= 11 is 0. The number of hydrogen-bond acceptors (Lipinski definition) is 2. The van der Waals surface area contributed by atoms with Gasteiger partial charge in [-0.05, 0) is 86.4 Å². The average molecular weight is 402 g/mol. The molecule has 156 valence electrons. The zero-order chi connectivity index (χ0) is 21.5. The lowest BCUT2D eigenvalue weighted by Gasteiger charge is -2.22. The van der Waals surface area contributed by atoms with Crippen molar-refractivity contribution in [1.29, 1.82) is 0 Å². The summed E-state index contributed by atoms with van der Waals surface area (Å²) in [5.74, 6) is 0.282. The van der Waals surface area contributed by atoms with E-state index >= 15 is 0 Å². The Morgan fingerprint density at radius 2 is 1.43 bits per heavy atom. The number of aromatic hydroxyl groups is 1. The summed E-state index contributed by atoms with van der Waals surface area (Å²) in [5.41, 5.74) is 6.90. The third-order valence-corrected chi connectivity index (χ3v) is 5.70. The van der Waals surface area contributed by atoms with Crippen LogP contribution in [-0.4, -0.2) is 41.6 Å². The Labute approximate surface area is 181 Å². The summed E-state index contributed by atoms with van der Waals surface area (Å²) in [6.07, 6.45) is 8.75. The van der Waals surface area contributed by atoms with Crippen molar-refractivity contribution in [3.8, 4) is 5.75 Å². The molecule has 1 aliphatic carbocycles. The average Bonchev–Trinajstić information content (AvgIpc) is 2.78. The number of rotatable bonds is 7. The van der Waals surface area contributed by atoms with Gasteiger partial charge in [-0.3, -0.25) is 0 Å². The molecule has 2 aromatic rings. The predicted octanol–water partition coefficient (Wildman–Crippen LogP) is 5.66. The summed E-state index contributed by atoms with van der Waals surface area (Å²) in [6.45, 7) is 12.7. The molecule has 3 nitrogen and oxygen atoms in total. The van der Waals surface area contributed by atoms with Crippen LogP contribution in [-0.2, 0) is 0 Å². The van der Waals surface area contributed by atoms with Crippen molar-refractivity contribution in [2.75, 3.05) is 31.1 Å². The molecule has 0 heterocycles. The van der Waals surface area contributed by atoms with Crippen molar-refractivity contribution < 1.29 is 9.68 Å². The van der Waals surface area contributed by atoms with Gasteiger partial charge in [-0.1, -0.05) is 24.3 Å². The summed E-state index contributed by atoms with van der Waals surface area (Å²) in [5, 5.41) is 10.1. The van der Waals surface area contributed by atoms with Gasteiger partial charge < -0.3 is 10.0 Å². The van der Waals surface area contributed by atoms with Crippen LogP contribution in [0.15, 0.2) is 78.4 Å². The van der Waals surface area contributed by atoms with E-state index in [9.17, 15) is 5.11 Å².